The molecule has 0 radical (unpaired) electrons. The predicted molar refractivity (Wildman–Crippen MR) is 75.0 cm³/mol. The molecule has 1 atom stereocenters. The predicted octanol–water partition coefficient (Wildman–Crippen LogP) is 1.30. The third-order valence-electron chi connectivity index (χ3n) is 2.46. The number of carboxylic acid groups (broad SMARTS) is 1. The van der Waals surface area contributed by atoms with E-state index in [1.165, 1.54) is 6.08 Å². The highest BCUT2D eigenvalue weighted by Gasteiger charge is 2.17. The molecule has 1 unspecified atom stereocenters. The molecule has 1 amide bonds. The lowest BCUT2D eigenvalue weighted by Crippen LogP contribution is -2.39. The van der Waals surface area contributed by atoms with Gasteiger partial charge in [0.25, 0.3) is 0 Å². The number of ether oxygens (including phenoxy) is 1. The molecular weight excluding hydrogens is 258 g/mol. The van der Waals surface area contributed by atoms with Gasteiger partial charge in [-0.15, -0.1) is 12.3 Å². The zero-order chi connectivity index (χ0) is 15.0. The molecule has 0 aromatic heterocycles. The molecule has 0 saturated heterocycles. The summed E-state index contributed by atoms with van der Waals surface area (Å²) in [6.45, 7) is 0. The van der Waals surface area contributed by atoms with Crippen molar-refractivity contribution in [2.45, 2.75) is 12.5 Å². The van der Waals surface area contributed by atoms with Gasteiger partial charge in [0.1, 0.15) is 11.8 Å². The SMILES string of the molecule is C#CCC(NC(=O)/C=C/c1cccc(OC)c1)C(=O)O. The van der Waals surface area contributed by atoms with Crippen LogP contribution in [0, 0.1) is 12.3 Å². The molecular formula is C15H15NO4. The van der Waals surface area contributed by atoms with Gasteiger partial charge in [0.15, 0.2) is 0 Å². The van der Waals surface area contributed by atoms with Crippen LogP contribution < -0.4 is 10.1 Å². The number of rotatable bonds is 6. The largest absolute Gasteiger partial charge is 0.497 e. The van der Waals surface area contributed by atoms with E-state index in [0.717, 1.165) is 5.56 Å². The Hall–Kier alpha value is -2.74. The third kappa shape index (κ3) is 4.86. The Balaban J connectivity index is 2.67. The first-order chi connectivity index (χ1) is 9.56. The van der Waals surface area contributed by atoms with E-state index in [1.54, 1.807) is 37.5 Å². The minimum atomic E-state index is -1.16. The topological polar surface area (TPSA) is 75.6 Å². The number of carboxylic acids is 1. The van der Waals surface area contributed by atoms with Crippen molar-refractivity contribution in [1.82, 2.24) is 5.32 Å². The first-order valence-electron chi connectivity index (χ1n) is 5.85. The van der Waals surface area contributed by atoms with Crippen molar-refractivity contribution in [3.63, 3.8) is 0 Å². The van der Waals surface area contributed by atoms with Crippen molar-refractivity contribution in [3.8, 4) is 18.1 Å². The Morgan fingerprint density at radius 1 is 1.55 bits per heavy atom. The van der Waals surface area contributed by atoms with Crippen LogP contribution in [-0.2, 0) is 9.59 Å². The molecule has 0 spiro atoms. The molecule has 0 saturated carbocycles. The Bertz CT molecular complexity index is 557. The molecule has 1 aromatic carbocycles. The monoisotopic (exact) mass is 273 g/mol. The second-order valence-corrected chi connectivity index (χ2v) is 3.92. The van der Waals surface area contributed by atoms with Crippen LogP contribution in [-0.4, -0.2) is 30.1 Å². The zero-order valence-corrected chi connectivity index (χ0v) is 11.0. The van der Waals surface area contributed by atoms with Crippen LogP contribution in [0.3, 0.4) is 0 Å². The van der Waals surface area contributed by atoms with Crippen LogP contribution >= 0.6 is 0 Å². The number of hydrogen-bond acceptors (Lipinski definition) is 3. The van der Waals surface area contributed by atoms with E-state index < -0.39 is 17.9 Å². The van der Waals surface area contributed by atoms with Crippen LogP contribution in [0.5, 0.6) is 5.75 Å². The quantitative estimate of drug-likeness (QED) is 0.605. The molecule has 20 heavy (non-hydrogen) atoms. The molecule has 0 fully saturated rings. The first kappa shape index (κ1) is 15.3. The number of hydrogen-bond donors (Lipinski definition) is 2. The number of amides is 1. The van der Waals surface area contributed by atoms with Crippen molar-refractivity contribution in [1.29, 1.82) is 0 Å². The van der Waals surface area contributed by atoms with Gasteiger partial charge < -0.3 is 15.2 Å². The van der Waals surface area contributed by atoms with Crippen LogP contribution in [0.25, 0.3) is 6.08 Å². The molecule has 2 N–H and O–H groups in total. The zero-order valence-electron chi connectivity index (χ0n) is 11.0. The highest BCUT2D eigenvalue weighted by atomic mass is 16.5. The standard InChI is InChI=1S/C15H15NO4/c1-3-5-13(15(18)19)16-14(17)9-8-11-6-4-7-12(10-11)20-2/h1,4,6-10,13H,5H2,2H3,(H,16,17)(H,18,19)/b9-8+. The number of nitrogens with one attached hydrogen (secondary N) is 1. The Morgan fingerprint density at radius 2 is 2.30 bits per heavy atom. The van der Waals surface area contributed by atoms with Gasteiger partial charge >= 0.3 is 5.97 Å². The number of aliphatic carboxylic acids is 1. The fourth-order valence-electron chi connectivity index (χ4n) is 1.45. The van der Waals surface area contributed by atoms with Gasteiger partial charge in [-0.2, -0.15) is 0 Å². The smallest absolute Gasteiger partial charge is 0.327 e. The maximum atomic E-state index is 11.6. The van der Waals surface area contributed by atoms with Crippen LogP contribution in [0.4, 0.5) is 0 Å². The Morgan fingerprint density at radius 3 is 2.90 bits per heavy atom. The summed E-state index contributed by atoms with van der Waals surface area (Å²) in [6.07, 6.45) is 7.80. The summed E-state index contributed by atoms with van der Waals surface area (Å²) >= 11 is 0. The normalized spacial score (nSPS) is 11.6. The fraction of sp³-hybridized carbons (Fsp3) is 0.200. The molecule has 0 aliphatic carbocycles. The third-order valence-corrected chi connectivity index (χ3v) is 2.46. The van der Waals surface area contributed by atoms with E-state index in [4.69, 9.17) is 16.3 Å². The average molecular weight is 273 g/mol. The molecule has 5 nitrogen and oxygen atoms in total. The van der Waals surface area contributed by atoms with Crippen molar-refractivity contribution in [3.05, 3.63) is 35.9 Å². The maximum Gasteiger partial charge on any atom is 0.327 e. The van der Waals surface area contributed by atoms with Crippen molar-refractivity contribution in [2.24, 2.45) is 0 Å². The number of carbonyl (C=O) groups excluding carboxylic acids is 1. The van der Waals surface area contributed by atoms with Crippen molar-refractivity contribution >= 4 is 18.0 Å². The van der Waals surface area contributed by atoms with Gasteiger partial charge in [0.2, 0.25) is 5.91 Å². The van der Waals surface area contributed by atoms with Crippen molar-refractivity contribution < 1.29 is 19.4 Å². The molecule has 0 heterocycles. The van der Waals surface area contributed by atoms with E-state index in [9.17, 15) is 9.59 Å². The summed E-state index contributed by atoms with van der Waals surface area (Å²) in [5, 5.41) is 11.2. The highest BCUT2D eigenvalue weighted by molar-refractivity contribution is 5.94. The molecule has 1 rings (SSSR count). The summed E-state index contributed by atoms with van der Waals surface area (Å²) in [6, 6.07) is 6.03. The lowest BCUT2D eigenvalue weighted by Gasteiger charge is -2.09. The van der Waals surface area contributed by atoms with Gasteiger partial charge in [-0.25, -0.2) is 4.79 Å². The second kappa shape index (κ2) is 7.64. The molecule has 5 heteroatoms. The fourth-order valence-corrected chi connectivity index (χ4v) is 1.45. The molecule has 1 aromatic rings. The lowest BCUT2D eigenvalue weighted by molar-refractivity contribution is -0.141. The van der Waals surface area contributed by atoms with Gasteiger partial charge in [-0.3, -0.25) is 4.79 Å². The van der Waals surface area contributed by atoms with Gasteiger partial charge in [-0.05, 0) is 23.8 Å². The Labute approximate surface area is 117 Å². The number of benzene rings is 1. The highest BCUT2D eigenvalue weighted by Crippen LogP contribution is 2.13. The van der Waals surface area contributed by atoms with Gasteiger partial charge in [0.05, 0.1) is 7.11 Å². The van der Waals surface area contributed by atoms with Crippen LogP contribution in [0.2, 0.25) is 0 Å². The van der Waals surface area contributed by atoms with E-state index in [0.29, 0.717) is 5.75 Å². The lowest BCUT2D eigenvalue weighted by atomic mass is 10.2. The summed E-state index contributed by atoms with van der Waals surface area (Å²) in [7, 11) is 1.55. The summed E-state index contributed by atoms with van der Waals surface area (Å²) in [5.74, 6) is 1.20. The van der Waals surface area contributed by atoms with E-state index in [-0.39, 0.29) is 6.42 Å². The first-order valence-corrected chi connectivity index (χ1v) is 5.85. The second-order valence-electron chi connectivity index (χ2n) is 3.92. The minimum Gasteiger partial charge on any atom is -0.497 e. The number of terminal acetylenes is 1. The van der Waals surface area contributed by atoms with E-state index >= 15 is 0 Å². The number of carbonyl (C=O) groups is 2. The average Bonchev–Trinajstić information content (AvgIpc) is 2.44. The van der Waals surface area contributed by atoms with Gasteiger partial charge in [-0.1, -0.05) is 12.1 Å². The summed E-state index contributed by atoms with van der Waals surface area (Å²) in [4.78, 5) is 22.4. The number of methoxy groups -OCH3 is 1. The van der Waals surface area contributed by atoms with Crippen LogP contribution in [0.15, 0.2) is 30.3 Å². The van der Waals surface area contributed by atoms with Gasteiger partial charge in [0, 0.05) is 12.5 Å². The summed E-state index contributed by atoms with van der Waals surface area (Å²) in [5.41, 5.74) is 0.767. The van der Waals surface area contributed by atoms with Crippen LogP contribution in [0.1, 0.15) is 12.0 Å². The maximum absolute atomic E-state index is 11.6. The van der Waals surface area contributed by atoms with E-state index in [1.807, 2.05) is 0 Å². The molecule has 104 valence electrons. The molecule has 0 bridgehead atoms. The summed E-state index contributed by atoms with van der Waals surface area (Å²) < 4.78 is 5.06. The Kier molecular flexibility index (Phi) is 5.85. The van der Waals surface area contributed by atoms with Crippen molar-refractivity contribution in [2.75, 3.05) is 7.11 Å². The molecule has 0 aliphatic rings. The van der Waals surface area contributed by atoms with E-state index in [2.05, 4.69) is 11.2 Å². The minimum absolute atomic E-state index is 0.0614. The molecule has 0 aliphatic heterocycles.